The number of nitrogens with one attached hydrogen (secondary N) is 1. The third kappa shape index (κ3) is 4.76. The van der Waals surface area contributed by atoms with E-state index in [1.165, 1.54) is 0 Å². The minimum atomic E-state index is -4.32. The number of aryl methyl sites for hydroxylation is 1. The summed E-state index contributed by atoms with van der Waals surface area (Å²) in [4.78, 5) is 11.3. The number of carbonyl (C=O) groups is 1. The van der Waals surface area contributed by atoms with E-state index in [4.69, 9.17) is 5.73 Å². The molecule has 3 nitrogen and oxygen atoms in total. The number of hydrogen-bond acceptors (Lipinski definition) is 2. The number of anilines is 2. The number of benzene rings is 1. The van der Waals surface area contributed by atoms with Gasteiger partial charge in [0.1, 0.15) is 0 Å². The maximum absolute atomic E-state index is 11.9. The maximum Gasteiger partial charge on any atom is 0.389 e. The van der Waals surface area contributed by atoms with E-state index in [9.17, 15) is 18.0 Å². The van der Waals surface area contributed by atoms with Crippen molar-refractivity contribution in [1.82, 2.24) is 0 Å². The fourth-order valence-electron chi connectivity index (χ4n) is 1.25. The Labute approximate surface area is 96.8 Å². The van der Waals surface area contributed by atoms with Crippen LogP contribution in [0, 0.1) is 6.92 Å². The molecule has 6 heteroatoms. The van der Waals surface area contributed by atoms with Gasteiger partial charge in [0.05, 0.1) is 17.8 Å². The number of rotatable bonds is 3. The minimum absolute atomic E-state index is 0.330. The number of halogens is 3. The number of carbonyl (C=O) groups excluding carboxylic acids is 1. The first kappa shape index (κ1) is 13.3. The predicted molar refractivity (Wildman–Crippen MR) is 59.5 cm³/mol. The smallest absolute Gasteiger partial charge is 0.389 e. The Balaban J connectivity index is 2.59. The zero-order chi connectivity index (χ0) is 13.1. The molecule has 0 bridgehead atoms. The largest absolute Gasteiger partial charge is 0.397 e. The Morgan fingerprint density at radius 1 is 1.41 bits per heavy atom. The van der Waals surface area contributed by atoms with Gasteiger partial charge in [-0.15, -0.1) is 0 Å². The Morgan fingerprint density at radius 3 is 2.65 bits per heavy atom. The molecular formula is C11H13F3N2O. The molecule has 0 saturated carbocycles. The van der Waals surface area contributed by atoms with Crippen molar-refractivity contribution in [3.8, 4) is 0 Å². The molecule has 0 saturated heterocycles. The Kier molecular flexibility index (Phi) is 3.98. The maximum atomic E-state index is 11.9. The van der Waals surface area contributed by atoms with Crippen LogP contribution in [0.5, 0.6) is 0 Å². The third-order valence-corrected chi connectivity index (χ3v) is 2.12. The summed E-state index contributed by atoms with van der Waals surface area (Å²) >= 11 is 0. The van der Waals surface area contributed by atoms with E-state index in [0.29, 0.717) is 11.4 Å². The summed E-state index contributed by atoms with van der Waals surface area (Å²) in [6.07, 6.45) is -6.06. The molecule has 0 aliphatic heterocycles. The summed E-state index contributed by atoms with van der Waals surface area (Å²) in [7, 11) is 0. The standard InChI is InChI=1S/C11H13F3N2O/c1-7-2-3-8(15)9(6-7)16-10(17)4-5-11(12,13)14/h2-3,6H,4-5,15H2,1H3,(H,16,17). The van der Waals surface area contributed by atoms with E-state index in [0.717, 1.165) is 5.56 Å². The highest BCUT2D eigenvalue weighted by Crippen LogP contribution is 2.23. The van der Waals surface area contributed by atoms with Crippen LogP contribution in [0.15, 0.2) is 18.2 Å². The first-order valence-corrected chi connectivity index (χ1v) is 5.00. The molecule has 0 fully saturated rings. The Morgan fingerprint density at radius 2 is 2.06 bits per heavy atom. The quantitative estimate of drug-likeness (QED) is 0.806. The highest BCUT2D eigenvalue weighted by Gasteiger charge is 2.27. The molecule has 0 aliphatic rings. The van der Waals surface area contributed by atoms with Gasteiger partial charge < -0.3 is 11.1 Å². The summed E-state index contributed by atoms with van der Waals surface area (Å²) in [5, 5.41) is 2.36. The lowest BCUT2D eigenvalue weighted by molar-refractivity contribution is -0.142. The van der Waals surface area contributed by atoms with Crippen LogP contribution >= 0.6 is 0 Å². The van der Waals surface area contributed by atoms with Crippen LogP contribution in [0.2, 0.25) is 0 Å². The zero-order valence-electron chi connectivity index (χ0n) is 9.27. The first-order chi connectivity index (χ1) is 7.78. The van der Waals surface area contributed by atoms with Gasteiger partial charge in [0.2, 0.25) is 5.91 Å². The SMILES string of the molecule is Cc1ccc(N)c(NC(=O)CCC(F)(F)F)c1. The van der Waals surface area contributed by atoms with Crippen molar-refractivity contribution in [1.29, 1.82) is 0 Å². The van der Waals surface area contributed by atoms with Crippen LogP contribution in [-0.2, 0) is 4.79 Å². The molecule has 0 radical (unpaired) electrons. The van der Waals surface area contributed by atoms with Crippen molar-refractivity contribution in [2.75, 3.05) is 11.1 Å². The van der Waals surface area contributed by atoms with Crippen molar-refractivity contribution >= 4 is 17.3 Å². The van der Waals surface area contributed by atoms with E-state index in [1.54, 1.807) is 25.1 Å². The molecule has 0 aromatic heterocycles. The van der Waals surface area contributed by atoms with Crippen LogP contribution in [0.4, 0.5) is 24.5 Å². The van der Waals surface area contributed by atoms with Crippen LogP contribution in [0.1, 0.15) is 18.4 Å². The summed E-state index contributed by atoms with van der Waals surface area (Å²) in [5.74, 6) is -0.695. The summed E-state index contributed by atoms with van der Waals surface area (Å²) < 4.78 is 35.7. The molecule has 0 unspecified atom stereocenters. The molecule has 0 aliphatic carbocycles. The molecule has 0 atom stereocenters. The number of hydrogen-bond donors (Lipinski definition) is 2. The third-order valence-electron chi connectivity index (χ3n) is 2.12. The second kappa shape index (κ2) is 5.07. The lowest BCUT2D eigenvalue weighted by atomic mass is 10.2. The van der Waals surface area contributed by atoms with Gasteiger partial charge in [-0.1, -0.05) is 6.07 Å². The topological polar surface area (TPSA) is 55.1 Å². The second-order valence-corrected chi connectivity index (χ2v) is 3.75. The molecule has 1 aromatic rings. The number of amides is 1. The van der Waals surface area contributed by atoms with E-state index in [1.807, 2.05) is 0 Å². The van der Waals surface area contributed by atoms with Gasteiger partial charge in [0, 0.05) is 6.42 Å². The average Bonchev–Trinajstić information content (AvgIpc) is 2.20. The van der Waals surface area contributed by atoms with Gasteiger partial charge in [-0.2, -0.15) is 13.2 Å². The first-order valence-electron chi connectivity index (χ1n) is 5.00. The fraction of sp³-hybridized carbons (Fsp3) is 0.364. The van der Waals surface area contributed by atoms with Crippen LogP contribution in [-0.4, -0.2) is 12.1 Å². The Bertz CT molecular complexity index is 416. The van der Waals surface area contributed by atoms with Gasteiger partial charge in [0.25, 0.3) is 0 Å². The van der Waals surface area contributed by atoms with Crippen molar-refractivity contribution in [3.63, 3.8) is 0 Å². The zero-order valence-corrected chi connectivity index (χ0v) is 9.27. The number of nitrogen functional groups attached to an aromatic ring is 1. The van der Waals surface area contributed by atoms with Gasteiger partial charge in [0.15, 0.2) is 0 Å². The van der Waals surface area contributed by atoms with Crippen molar-refractivity contribution in [2.45, 2.75) is 25.9 Å². The van der Waals surface area contributed by atoms with E-state index in [-0.39, 0.29) is 0 Å². The fourth-order valence-corrected chi connectivity index (χ4v) is 1.25. The second-order valence-electron chi connectivity index (χ2n) is 3.75. The van der Waals surface area contributed by atoms with E-state index < -0.39 is 24.9 Å². The molecule has 0 spiro atoms. The summed E-state index contributed by atoms with van der Waals surface area (Å²) in [6, 6.07) is 4.95. The van der Waals surface area contributed by atoms with Gasteiger partial charge in [-0.3, -0.25) is 4.79 Å². The predicted octanol–water partition coefficient (Wildman–Crippen LogP) is 2.86. The molecule has 1 aromatic carbocycles. The average molecular weight is 246 g/mol. The molecule has 1 rings (SSSR count). The normalized spacial score (nSPS) is 11.3. The molecule has 3 N–H and O–H groups in total. The lowest BCUT2D eigenvalue weighted by Crippen LogP contribution is -2.17. The van der Waals surface area contributed by atoms with Gasteiger partial charge >= 0.3 is 6.18 Å². The highest BCUT2D eigenvalue weighted by atomic mass is 19.4. The number of nitrogens with two attached hydrogens (primary N) is 1. The Hall–Kier alpha value is -1.72. The summed E-state index contributed by atoms with van der Waals surface area (Å²) in [6.45, 7) is 1.80. The van der Waals surface area contributed by atoms with Gasteiger partial charge in [-0.25, -0.2) is 0 Å². The van der Waals surface area contributed by atoms with E-state index >= 15 is 0 Å². The minimum Gasteiger partial charge on any atom is -0.397 e. The molecule has 1 amide bonds. The lowest BCUT2D eigenvalue weighted by Gasteiger charge is -2.10. The van der Waals surface area contributed by atoms with Gasteiger partial charge in [-0.05, 0) is 24.6 Å². The monoisotopic (exact) mass is 246 g/mol. The van der Waals surface area contributed by atoms with Crippen LogP contribution in [0.3, 0.4) is 0 Å². The van der Waals surface area contributed by atoms with Crippen LogP contribution in [0.25, 0.3) is 0 Å². The summed E-state index contributed by atoms with van der Waals surface area (Å²) in [5.41, 5.74) is 7.12. The van der Waals surface area contributed by atoms with Crippen molar-refractivity contribution < 1.29 is 18.0 Å². The number of alkyl halides is 3. The molecule has 94 valence electrons. The van der Waals surface area contributed by atoms with Crippen molar-refractivity contribution in [3.05, 3.63) is 23.8 Å². The molecule has 17 heavy (non-hydrogen) atoms. The molecular weight excluding hydrogens is 233 g/mol. The van der Waals surface area contributed by atoms with E-state index in [2.05, 4.69) is 5.32 Å². The highest BCUT2D eigenvalue weighted by molar-refractivity contribution is 5.93. The van der Waals surface area contributed by atoms with Crippen molar-refractivity contribution in [2.24, 2.45) is 0 Å². The molecule has 0 heterocycles. The van der Waals surface area contributed by atoms with Crippen LogP contribution < -0.4 is 11.1 Å².